The molecule has 6 nitrogen and oxygen atoms in total. The van der Waals surface area contributed by atoms with Crippen molar-refractivity contribution >= 4 is 40.2 Å². The molecule has 140 valence electrons. The summed E-state index contributed by atoms with van der Waals surface area (Å²) in [6.07, 6.45) is 1.87. The summed E-state index contributed by atoms with van der Waals surface area (Å²) < 4.78 is 8.50. The summed E-state index contributed by atoms with van der Waals surface area (Å²) in [4.78, 5) is 2.15. The van der Waals surface area contributed by atoms with Crippen molar-refractivity contribution in [3.05, 3.63) is 69.6 Å². The second kappa shape index (κ2) is 8.54. The molecule has 28 heavy (non-hydrogen) atoms. The molecule has 1 fully saturated rings. The Kier molecular flexibility index (Phi) is 5.69. The van der Waals surface area contributed by atoms with Gasteiger partial charge in [0.2, 0.25) is 5.95 Å². The molecule has 1 aliphatic heterocycles. The van der Waals surface area contributed by atoms with Crippen LogP contribution in [0.1, 0.15) is 11.4 Å². The van der Waals surface area contributed by atoms with Crippen molar-refractivity contribution in [1.82, 2.24) is 14.8 Å². The van der Waals surface area contributed by atoms with Crippen molar-refractivity contribution in [3.8, 4) is 11.8 Å². The normalized spacial score (nSPS) is 14.7. The number of anilines is 1. The summed E-state index contributed by atoms with van der Waals surface area (Å²) in [5.41, 5.74) is 2.38. The highest BCUT2D eigenvalue weighted by Gasteiger charge is 2.23. The minimum atomic E-state index is 0.472. The molecule has 1 aliphatic rings. The molecular weight excluding hydrogens is 465 g/mol. The summed E-state index contributed by atoms with van der Waals surface area (Å²) in [5.74, 6) is 1.27. The molecule has 0 N–H and O–H groups in total. The lowest BCUT2D eigenvalue weighted by Gasteiger charge is -2.28. The third kappa shape index (κ3) is 3.79. The monoisotopic (exact) mass is 483 g/mol. The van der Waals surface area contributed by atoms with Crippen LogP contribution in [0.5, 0.6) is 0 Å². The zero-order valence-corrected chi connectivity index (χ0v) is 17.3. The Bertz CT molecular complexity index is 1030. The van der Waals surface area contributed by atoms with Crippen molar-refractivity contribution in [2.24, 2.45) is 0 Å². The van der Waals surface area contributed by atoms with E-state index in [-0.39, 0.29) is 0 Å². The molecule has 0 amide bonds. The fraction of sp³-hybridized carbons (Fsp3) is 0.190. The number of ether oxygens (including phenoxy) is 1. The Morgan fingerprint density at radius 2 is 1.75 bits per heavy atom. The van der Waals surface area contributed by atoms with Crippen molar-refractivity contribution in [2.45, 2.75) is 0 Å². The Balaban J connectivity index is 1.85. The van der Waals surface area contributed by atoms with Crippen molar-refractivity contribution in [2.75, 3.05) is 31.2 Å². The van der Waals surface area contributed by atoms with Crippen LogP contribution in [0.3, 0.4) is 0 Å². The maximum Gasteiger partial charge on any atom is 0.232 e. The Hall–Kier alpha value is -2.70. The lowest BCUT2D eigenvalue weighted by Crippen LogP contribution is -2.38. The van der Waals surface area contributed by atoms with Gasteiger partial charge in [-0.3, -0.25) is 4.57 Å². The van der Waals surface area contributed by atoms with Crippen LogP contribution in [0.4, 0.5) is 5.95 Å². The van der Waals surface area contributed by atoms with Gasteiger partial charge in [-0.25, -0.2) is 0 Å². The highest BCUT2D eigenvalue weighted by Crippen LogP contribution is 2.27. The van der Waals surface area contributed by atoms with Gasteiger partial charge in [-0.1, -0.05) is 36.4 Å². The van der Waals surface area contributed by atoms with E-state index >= 15 is 0 Å². The molecule has 4 rings (SSSR count). The molecule has 0 saturated carbocycles. The molecule has 2 heterocycles. The van der Waals surface area contributed by atoms with Gasteiger partial charge in [-0.05, 0) is 52.4 Å². The van der Waals surface area contributed by atoms with Crippen molar-refractivity contribution in [1.29, 1.82) is 5.26 Å². The van der Waals surface area contributed by atoms with Crippen molar-refractivity contribution < 1.29 is 4.74 Å². The van der Waals surface area contributed by atoms with E-state index in [4.69, 9.17) is 4.74 Å². The van der Waals surface area contributed by atoms with Gasteiger partial charge in [0.25, 0.3) is 0 Å². The number of halogens is 1. The smallest absolute Gasteiger partial charge is 0.232 e. The predicted molar refractivity (Wildman–Crippen MR) is 117 cm³/mol. The zero-order chi connectivity index (χ0) is 19.3. The number of allylic oxidation sites excluding steroid dienone is 1. The Morgan fingerprint density at radius 1 is 1.04 bits per heavy atom. The highest BCUT2D eigenvalue weighted by atomic mass is 127. The van der Waals surface area contributed by atoms with Crippen LogP contribution in [-0.4, -0.2) is 41.1 Å². The summed E-state index contributed by atoms with van der Waals surface area (Å²) in [6.45, 7) is 2.79. The number of nitriles is 1. The molecule has 0 unspecified atom stereocenters. The molecule has 0 spiro atoms. The van der Waals surface area contributed by atoms with Gasteiger partial charge in [0.1, 0.15) is 6.07 Å². The van der Waals surface area contributed by atoms with Gasteiger partial charge in [0, 0.05) is 16.7 Å². The number of para-hydroxylation sites is 1. The van der Waals surface area contributed by atoms with E-state index < -0.39 is 0 Å². The van der Waals surface area contributed by atoms with Crippen molar-refractivity contribution in [3.63, 3.8) is 0 Å². The lowest BCUT2D eigenvalue weighted by atomic mass is 10.1. The van der Waals surface area contributed by atoms with E-state index in [1.807, 2.05) is 65.2 Å². The van der Waals surface area contributed by atoms with Gasteiger partial charge < -0.3 is 9.64 Å². The second-order valence-corrected chi connectivity index (χ2v) is 7.45. The van der Waals surface area contributed by atoms with Gasteiger partial charge in [0.05, 0.1) is 24.5 Å². The Labute approximate surface area is 177 Å². The van der Waals surface area contributed by atoms with Crippen LogP contribution < -0.4 is 4.90 Å². The van der Waals surface area contributed by atoms with E-state index in [0.29, 0.717) is 24.6 Å². The van der Waals surface area contributed by atoms with Gasteiger partial charge in [0.15, 0.2) is 5.82 Å². The van der Waals surface area contributed by atoms with E-state index in [1.165, 1.54) is 0 Å². The van der Waals surface area contributed by atoms with Crippen LogP contribution in [0.25, 0.3) is 17.3 Å². The molecule has 1 aromatic heterocycles. The summed E-state index contributed by atoms with van der Waals surface area (Å²) in [7, 11) is 0. The van der Waals surface area contributed by atoms with Gasteiger partial charge in [-0.2, -0.15) is 5.26 Å². The fourth-order valence-corrected chi connectivity index (χ4v) is 3.67. The van der Waals surface area contributed by atoms with Gasteiger partial charge >= 0.3 is 0 Å². The number of rotatable bonds is 4. The average molecular weight is 483 g/mol. The molecule has 0 aliphatic carbocycles. The SMILES string of the molecule is N#C/C(=C\c1ccccc1I)c1nnc(N2CCOCC2)n1-c1ccccc1. The maximum atomic E-state index is 9.89. The van der Waals surface area contributed by atoms with Crippen LogP contribution in [0.15, 0.2) is 54.6 Å². The van der Waals surface area contributed by atoms with E-state index in [2.05, 4.69) is 43.8 Å². The molecule has 0 radical (unpaired) electrons. The average Bonchev–Trinajstić information content (AvgIpc) is 3.19. The minimum absolute atomic E-state index is 0.472. The maximum absolute atomic E-state index is 9.89. The molecular formula is C21H18IN5O. The minimum Gasteiger partial charge on any atom is -0.378 e. The van der Waals surface area contributed by atoms with Gasteiger partial charge in [-0.15, -0.1) is 10.2 Å². The van der Waals surface area contributed by atoms with Crippen LogP contribution in [-0.2, 0) is 4.74 Å². The molecule has 3 aromatic rings. The topological polar surface area (TPSA) is 67.0 Å². The van der Waals surface area contributed by atoms with E-state index in [9.17, 15) is 5.26 Å². The quantitative estimate of drug-likeness (QED) is 0.418. The standard InChI is InChI=1S/C21H18IN5O/c22-19-9-5-4-6-16(19)14-17(15-23)20-24-25-21(26-10-12-28-13-11-26)27(20)18-7-2-1-3-8-18/h1-9,14H,10-13H2/b17-14+. The van der Waals surface area contributed by atoms with Crippen LogP contribution in [0, 0.1) is 14.9 Å². The lowest BCUT2D eigenvalue weighted by molar-refractivity contribution is 0.122. The summed E-state index contributed by atoms with van der Waals surface area (Å²) in [5, 5.41) is 18.7. The zero-order valence-electron chi connectivity index (χ0n) is 15.1. The van der Waals surface area contributed by atoms with E-state index in [0.717, 1.165) is 33.9 Å². The molecule has 0 bridgehead atoms. The predicted octanol–water partition coefficient (Wildman–Crippen LogP) is 3.77. The Morgan fingerprint density at radius 3 is 2.46 bits per heavy atom. The molecule has 2 aromatic carbocycles. The summed E-state index contributed by atoms with van der Waals surface area (Å²) in [6, 6.07) is 20.2. The van der Waals surface area contributed by atoms with Crippen LogP contribution >= 0.6 is 22.6 Å². The molecule has 1 saturated heterocycles. The van der Waals surface area contributed by atoms with Crippen LogP contribution in [0.2, 0.25) is 0 Å². The van der Waals surface area contributed by atoms with E-state index in [1.54, 1.807) is 0 Å². The first-order valence-corrected chi connectivity index (χ1v) is 10.1. The summed E-state index contributed by atoms with van der Waals surface area (Å²) >= 11 is 2.27. The second-order valence-electron chi connectivity index (χ2n) is 6.29. The molecule has 0 atom stereocenters. The highest BCUT2D eigenvalue weighted by molar-refractivity contribution is 14.1. The number of nitrogens with zero attached hydrogens (tertiary/aromatic N) is 5. The number of hydrogen-bond donors (Lipinski definition) is 0. The first kappa shape index (κ1) is 18.7. The third-order valence-electron chi connectivity index (χ3n) is 4.52. The first-order valence-electron chi connectivity index (χ1n) is 8.98. The number of morpholine rings is 1. The molecule has 7 heteroatoms. The third-order valence-corrected chi connectivity index (χ3v) is 5.50. The number of aromatic nitrogens is 3. The first-order chi connectivity index (χ1) is 13.8. The number of benzene rings is 2. The largest absolute Gasteiger partial charge is 0.378 e. The fourth-order valence-electron chi connectivity index (χ4n) is 3.13. The number of hydrogen-bond acceptors (Lipinski definition) is 5.